The third-order valence-corrected chi connectivity index (χ3v) is 4.63. The van der Waals surface area contributed by atoms with E-state index in [-0.39, 0.29) is 22.8 Å². The number of benzene rings is 1. The van der Waals surface area contributed by atoms with Crippen molar-refractivity contribution in [1.82, 2.24) is 4.98 Å². The third-order valence-electron chi connectivity index (χ3n) is 4.63. The molecule has 28 heavy (non-hydrogen) atoms. The largest absolute Gasteiger partial charge is 0.478 e. The number of aromatic nitrogens is 1. The number of nitro groups is 1. The number of carboxylic acid groups (broad SMARTS) is 1. The molecule has 0 spiro atoms. The maximum absolute atomic E-state index is 12.7. The molecule has 3 N–H and O–H groups in total. The van der Waals surface area contributed by atoms with Crippen molar-refractivity contribution in [3.05, 3.63) is 81.2 Å². The molecule has 142 valence electrons. The topological polar surface area (TPSA) is 136 Å². The first kappa shape index (κ1) is 19.0. The van der Waals surface area contributed by atoms with Crippen LogP contribution >= 0.6 is 0 Å². The molecule has 1 heterocycles. The van der Waals surface area contributed by atoms with Crippen LogP contribution in [0, 0.1) is 16.0 Å². The molecule has 8 nitrogen and oxygen atoms in total. The number of nitrogen functional groups attached to an aromatic ring is 1. The molecule has 1 unspecified atom stereocenters. The Labute approximate surface area is 160 Å². The van der Waals surface area contributed by atoms with Crippen molar-refractivity contribution >= 4 is 28.7 Å². The molecular weight excluding hydrogens is 362 g/mol. The highest BCUT2D eigenvalue weighted by Gasteiger charge is 2.27. The van der Waals surface area contributed by atoms with Gasteiger partial charge in [0.15, 0.2) is 5.78 Å². The van der Waals surface area contributed by atoms with Gasteiger partial charge in [-0.3, -0.25) is 19.9 Å². The highest BCUT2D eigenvalue weighted by atomic mass is 16.6. The number of carbonyl (C=O) groups excluding carboxylic acids is 1. The molecule has 1 aromatic heterocycles. The van der Waals surface area contributed by atoms with Crippen molar-refractivity contribution in [2.75, 3.05) is 5.73 Å². The van der Waals surface area contributed by atoms with Gasteiger partial charge >= 0.3 is 5.97 Å². The number of nitrogens with two attached hydrogens (primary N) is 1. The Hall–Kier alpha value is -3.81. The van der Waals surface area contributed by atoms with Crippen LogP contribution in [0.25, 0.3) is 5.57 Å². The second-order valence-electron chi connectivity index (χ2n) is 6.49. The Morgan fingerprint density at radius 1 is 1.32 bits per heavy atom. The number of carboxylic acids is 1. The second-order valence-corrected chi connectivity index (χ2v) is 6.49. The van der Waals surface area contributed by atoms with Gasteiger partial charge in [0.2, 0.25) is 0 Å². The molecular formula is C20H17N3O5. The number of ketones is 1. The Bertz CT molecular complexity index is 1010. The van der Waals surface area contributed by atoms with Gasteiger partial charge < -0.3 is 10.8 Å². The van der Waals surface area contributed by atoms with Crippen LogP contribution in [0.3, 0.4) is 0 Å². The number of aromatic carboxylic acids is 1. The summed E-state index contributed by atoms with van der Waals surface area (Å²) >= 11 is 0. The van der Waals surface area contributed by atoms with E-state index in [0.717, 1.165) is 11.3 Å². The molecule has 0 aliphatic heterocycles. The van der Waals surface area contributed by atoms with E-state index in [9.17, 15) is 24.8 Å². The summed E-state index contributed by atoms with van der Waals surface area (Å²) in [6, 6.07) is 7.90. The minimum atomic E-state index is -1.38. The molecule has 8 heteroatoms. The lowest BCUT2D eigenvalue weighted by molar-refractivity contribution is -0.383. The molecule has 1 aromatic carbocycles. The minimum Gasteiger partial charge on any atom is -0.478 e. The number of allylic oxidation sites excluding steroid dienone is 4. The molecule has 0 radical (unpaired) electrons. The fourth-order valence-electron chi connectivity index (χ4n) is 3.15. The highest BCUT2D eigenvalue weighted by molar-refractivity contribution is 6.06. The normalized spacial score (nSPS) is 16.3. The fraction of sp³-hybridized carbons (Fsp3) is 0.150. The maximum Gasteiger partial charge on any atom is 0.338 e. The molecule has 3 rings (SSSR count). The van der Waals surface area contributed by atoms with Gasteiger partial charge in [0.05, 0.1) is 10.5 Å². The van der Waals surface area contributed by atoms with Gasteiger partial charge in [-0.15, -0.1) is 0 Å². The molecule has 0 bridgehead atoms. The number of hydrogen-bond acceptors (Lipinski definition) is 6. The number of anilines is 1. The van der Waals surface area contributed by atoms with Gasteiger partial charge in [0, 0.05) is 30.3 Å². The lowest BCUT2D eigenvalue weighted by atomic mass is 9.83. The number of hydrogen-bond donors (Lipinski definition) is 2. The van der Waals surface area contributed by atoms with Gasteiger partial charge in [-0.2, -0.15) is 0 Å². The predicted molar refractivity (Wildman–Crippen MR) is 103 cm³/mol. The first-order chi connectivity index (χ1) is 13.3. The summed E-state index contributed by atoms with van der Waals surface area (Å²) in [6.07, 6.45) is 5.20. The minimum absolute atomic E-state index is 0.169. The quantitative estimate of drug-likeness (QED) is 0.463. The lowest BCUT2D eigenvalue weighted by Crippen LogP contribution is -2.20. The first-order valence-corrected chi connectivity index (χ1v) is 8.43. The molecule has 0 saturated carbocycles. The Morgan fingerprint density at radius 2 is 2.07 bits per heavy atom. The van der Waals surface area contributed by atoms with Crippen molar-refractivity contribution in [2.24, 2.45) is 5.92 Å². The summed E-state index contributed by atoms with van der Waals surface area (Å²) < 4.78 is 0. The zero-order valence-corrected chi connectivity index (χ0v) is 15.0. The summed E-state index contributed by atoms with van der Waals surface area (Å²) in [4.78, 5) is 38.8. The fourth-order valence-corrected chi connectivity index (χ4v) is 3.15. The van der Waals surface area contributed by atoms with E-state index in [2.05, 4.69) is 4.98 Å². The predicted octanol–water partition coefficient (Wildman–Crippen LogP) is 3.04. The van der Waals surface area contributed by atoms with Crippen LogP contribution in [0.4, 0.5) is 11.4 Å². The van der Waals surface area contributed by atoms with E-state index >= 15 is 0 Å². The standard InChI is InChI=1S/C20H17N3O5/c1-11-6-12(9-18(24)15(11)10-14-4-2-3-5-22-14)13-7-16(20(25)26)19(21)17(8-13)23(27)28/h2-9,15H,10,21H2,1H3,(H,25,26). The van der Waals surface area contributed by atoms with Crippen LogP contribution in [0.1, 0.15) is 28.5 Å². The molecule has 1 aliphatic rings. The molecule has 0 amide bonds. The maximum atomic E-state index is 12.7. The molecule has 1 atom stereocenters. The van der Waals surface area contributed by atoms with Crippen molar-refractivity contribution in [1.29, 1.82) is 0 Å². The van der Waals surface area contributed by atoms with Crippen LogP contribution in [-0.4, -0.2) is 26.8 Å². The summed E-state index contributed by atoms with van der Waals surface area (Å²) in [7, 11) is 0. The summed E-state index contributed by atoms with van der Waals surface area (Å²) in [6.45, 7) is 1.79. The smallest absolute Gasteiger partial charge is 0.338 e. The third kappa shape index (κ3) is 3.66. The van der Waals surface area contributed by atoms with Crippen LogP contribution < -0.4 is 5.73 Å². The Kier molecular flexibility index (Phi) is 5.04. The summed E-state index contributed by atoms with van der Waals surface area (Å²) in [5.74, 6) is -1.93. The van der Waals surface area contributed by atoms with E-state index in [1.807, 2.05) is 12.1 Å². The van der Waals surface area contributed by atoms with Crippen LogP contribution in [0.5, 0.6) is 0 Å². The first-order valence-electron chi connectivity index (χ1n) is 8.43. The van der Waals surface area contributed by atoms with Gasteiger partial charge in [-0.25, -0.2) is 4.79 Å². The summed E-state index contributed by atoms with van der Waals surface area (Å²) in [5, 5.41) is 20.5. The monoisotopic (exact) mass is 379 g/mol. The van der Waals surface area contributed by atoms with E-state index in [4.69, 9.17) is 5.73 Å². The Balaban J connectivity index is 1.99. The number of nitrogens with zero attached hydrogens (tertiary/aromatic N) is 2. The van der Waals surface area contributed by atoms with Gasteiger partial charge in [0.25, 0.3) is 5.69 Å². The number of pyridine rings is 1. The van der Waals surface area contributed by atoms with Crippen molar-refractivity contribution < 1.29 is 19.6 Å². The summed E-state index contributed by atoms with van der Waals surface area (Å²) in [5.41, 5.74) is 6.52. The van der Waals surface area contributed by atoms with Gasteiger partial charge in [0.1, 0.15) is 5.69 Å². The lowest BCUT2D eigenvalue weighted by Gasteiger charge is -2.20. The van der Waals surface area contributed by atoms with E-state index in [1.54, 1.807) is 25.3 Å². The average Bonchev–Trinajstić information content (AvgIpc) is 2.65. The molecule has 2 aromatic rings. The van der Waals surface area contributed by atoms with Crippen LogP contribution in [0.2, 0.25) is 0 Å². The van der Waals surface area contributed by atoms with E-state index in [0.29, 0.717) is 12.0 Å². The van der Waals surface area contributed by atoms with E-state index < -0.39 is 22.3 Å². The molecule has 0 saturated heterocycles. The highest BCUT2D eigenvalue weighted by Crippen LogP contribution is 2.34. The van der Waals surface area contributed by atoms with Crippen molar-refractivity contribution in [3.8, 4) is 0 Å². The number of rotatable bonds is 5. The number of nitro benzene ring substituents is 1. The van der Waals surface area contributed by atoms with Gasteiger partial charge in [-0.05, 0) is 42.3 Å². The zero-order chi connectivity index (χ0) is 20.4. The SMILES string of the molecule is CC1=CC(c2cc(C(=O)O)c(N)c([N+](=O)[O-])c2)=CC(=O)C1Cc1ccccn1. The number of carbonyl (C=O) groups is 2. The average molecular weight is 379 g/mol. The molecule has 0 fully saturated rings. The second kappa shape index (κ2) is 7.43. The van der Waals surface area contributed by atoms with Crippen LogP contribution in [0.15, 0.2) is 54.3 Å². The van der Waals surface area contributed by atoms with Crippen molar-refractivity contribution in [3.63, 3.8) is 0 Å². The Morgan fingerprint density at radius 3 is 2.64 bits per heavy atom. The zero-order valence-electron chi connectivity index (χ0n) is 15.0. The van der Waals surface area contributed by atoms with Crippen molar-refractivity contribution in [2.45, 2.75) is 13.3 Å². The van der Waals surface area contributed by atoms with Crippen LogP contribution in [-0.2, 0) is 11.2 Å². The van der Waals surface area contributed by atoms with Gasteiger partial charge in [-0.1, -0.05) is 17.7 Å². The van der Waals surface area contributed by atoms with E-state index in [1.165, 1.54) is 18.2 Å². The molecule has 1 aliphatic carbocycles.